The number of thioether (sulfide) groups is 1. The maximum Gasteiger partial charge on any atom is 0.303 e. The van der Waals surface area contributed by atoms with Gasteiger partial charge in [-0.1, -0.05) is 12.1 Å². The molecule has 1 atom stereocenters. The Labute approximate surface area is 202 Å². The van der Waals surface area contributed by atoms with Crippen molar-refractivity contribution < 1.29 is 19.4 Å². The molecular formula is C25H28N4O4S. The van der Waals surface area contributed by atoms with Gasteiger partial charge in [0.2, 0.25) is 6.79 Å². The zero-order valence-corrected chi connectivity index (χ0v) is 19.9. The predicted molar refractivity (Wildman–Crippen MR) is 130 cm³/mol. The highest BCUT2D eigenvalue weighted by Gasteiger charge is 2.22. The van der Waals surface area contributed by atoms with Gasteiger partial charge in [-0.25, -0.2) is 4.98 Å². The summed E-state index contributed by atoms with van der Waals surface area (Å²) >= 11 is 1.74. The number of hydrogen-bond donors (Lipinski definition) is 2. The van der Waals surface area contributed by atoms with Crippen LogP contribution in [0.5, 0.6) is 11.5 Å². The number of pyridine rings is 1. The summed E-state index contributed by atoms with van der Waals surface area (Å²) in [4.78, 5) is 16.3. The average Bonchev–Trinajstić information content (AvgIpc) is 3.44. The molecule has 9 heteroatoms. The Morgan fingerprint density at radius 2 is 2.09 bits per heavy atom. The van der Waals surface area contributed by atoms with Crippen LogP contribution in [-0.2, 0) is 31.1 Å². The first-order valence-corrected chi connectivity index (χ1v) is 12.5. The zero-order valence-electron chi connectivity index (χ0n) is 19.1. The Morgan fingerprint density at radius 3 is 2.97 bits per heavy atom. The van der Waals surface area contributed by atoms with Crippen molar-refractivity contribution in [2.45, 2.75) is 43.0 Å². The number of nitrogens with one attached hydrogen (secondary N) is 1. The molecule has 1 unspecified atom stereocenters. The van der Waals surface area contributed by atoms with E-state index in [-0.39, 0.29) is 19.1 Å². The maximum absolute atomic E-state index is 11.5. The highest BCUT2D eigenvalue weighted by molar-refractivity contribution is 7.99. The maximum atomic E-state index is 11.5. The van der Waals surface area contributed by atoms with Crippen molar-refractivity contribution in [2.24, 2.45) is 7.05 Å². The SMILES string of the molecule is Cn1nc(CC(CC(=O)O)c2ccc3c(c2)OCO3)cc1SCCc1ccc2c(n1)NCCC2. The average molecular weight is 481 g/mol. The standard InChI is InChI=1S/C25H28N4O4S/c1-29-23(34-10-8-19-6-4-16-3-2-9-26-25(16)27-19)14-20(28-29)11-18(13-24(30)31)17-5-7-21-22(12-17)33-15-32-21/h4-7,12,14,18H,2-3,8-11,13,15H2,1H3,(H,26,27)(H,30,31). The lowest BCUT2D eigenvalue weighted by molar-refractivity contribution is -0.137. The van der Waals surface area contributed by atoms with Crippen LogP contribution in [0, 0.1) is 0 Å². The van der Waals surface area contributed by atoms with Gasteiger partial charge in [0.15, 0.2) is 11.5 Å². The number of anilines is 1. The molecule has 0 spiro atoms. The summed E-state index contributed by atoms with van der Waals surface area (Å²) < 4.78 is 12.7. The van der Waals surface area contributed by atoms with Gasteiger partial charge < -0.3 is 19.9 Å². The molecule has 0 bridgehead atoms. The van der Waals surface area contributed by atoms with E-state index >= 15 is 0 Å². The lowest BCUT2D eigenvalue weighted by atomic mass is 9.91. The van der Waals surface area contributed by atoms with E-state index in [9.17, 15) is 9.90 Å². The second-order valence-corrected chi connectivity index (χ2v) is 9.76. The first-order chi connectivity index (χ1) is 16.5. The third kappa shape index (κ3) is 5.14. The number of carbonyl (C=O) groups is 1. The van der Waals surface area contributed by atoms with Gasteiger partial charge in [0.25, 0.3) is 0 Å². The van der Waals surface area contributed by atoms with Gasteiger partial charge in [0.05, 0.1) is 17.1 Å². The second kappa shape index (κ2) is 9.97. The summed E-state index contributed by atoms with van der Waals surface area (Å²) in [5.74, 6) is 2.25. The molecule has 0 fully saturated rings. The minimum absolute atomic E-state index is 0.0245. The summed E-state index contributed by atoms with van der Waals surface area (Å²) in [6, 6.07) is 12.0. The Balaban J connectivity index is 1.23. The number of aryl methyl sites for hydroxylation is 3. The van der Waals surface area contributed by atoms with Crippen LogP contribution >= 0.6 is 11.8 Å². The fourth-order valence-electron chi connectivity index (χ4n) is 4.45. The van der Waals surface area contributed by atoms with Crippen molar-refractivity contribution in [2.75, 3.05) is 24.4 Å². The van der Waals surface area contributed by atoms with Crippen LogP contribution in [0.1, 0.15) is 41.3 Å². The molecular weight excluding hydrogens is 452 g/mol. The minimum Gasteiger partial charge on any atom is -0.481 e. The van der Waals surface area contributed by atoms with Crippen molar-refractivity contribution in [1.29, 1.82) is 0 Å². The molecule has 2 N–H and O–H groups in total. The summed E-state index contributed by atoms with van der Waals surface area (Å²) in [5, 5.41) is 18.6. The number of aliphatic carboxylic acids is 1. The van der Waals surface area contributed by atoms with Crippen LogP contribution in [0.3, 0.4) is 0 Å². The predicted octanol–water partition coefficient (Wildman–Crippen LogP) is 4.04. The molecule has 3 aromatic rings. The van der Waals surface area contributed by atoms with Crippen LogP contribution in [0.15, 0.2) is 41.4 Å². The third-order valence-electron chi connectivity index (χ3n) is 6.19. The molecule has 0 saturated heterocycles. The molecule has 2 aliphatic heterocycles. The molecule has 34 heavy (non-hydrogen) atoms. The van der Waals surface area contributed by atoms with E-state index in [4.69, 9.17) is 14.5 Å². The van der Waals surface area contributed by atoms with Crippen molar-refractivity contribution in [3.63, 3.8) is 0 Å². The van der Waals surface area contributed by atoms with Gasteiger partial charge in [-0.05, 0) is 61.1 Å². The summed E-state index contributed by atoms with van der Waals surface area (Å²) in [5.41, 5.74) is 4.19. The number of carboxylic acid groups (broad SMARTS) is 1. The van der Waals surface area contributed by atoms with Crippen LogP contribution in [-0.4, -0.2) is 44.9 Å². The molecule has 178 valence electrons. The highest BCUT2D eigenvalue weighted by Crippen LogP contribution is 2.36. The lowest BCUT2D eigenvalue weighted by Gasteiger charge is -2.17. The van der Waals surface area contributed by atoms with E-state index in [1.807, 2.05) is 29.9 Å². The molecule has 5 rings (SSSR count). The Bertz CT molecular complexity index is 1200. The minimum atomic E-state index is -0.833. The largest absolute Gasteiger partial charge is 0.481 e. The second-order valence-electron chi connectivity index (χ2n) is 8.65. The van der Waals surface area contributed by atoms with Crippen molar-refractivity contribution in [3.8, 4) is 11.5 Å². The first-order valence-electron chi connectivity index (χ1n) is 11.5. The molecule has 0 aliphatic carbocycles. The van der Waals surface area contributed by atoms with Crippen LogP contribution < -0.4 is 14.8 Å². The highest BCUT2D eigenvalue weighted by atomic mass is 32.2. The molecule has 2 aliphatic rings. The van der Waals surface area contributed by atoms with Gasteiger partial charge in [-0.3, -0.25) is 9.48 Å². The Morgan fingerprint density at radius 1 is 1.21 bits per heavy atom. The van der Waals surface area contributed by atoms with Gasteiger partial charge in [-0.2, -0.15) is 5.10 Å². The fourth-order valence-corrected chi connectivity index (χ4v) is 5.42. The number of benzene rings is 1. The number of rotatable bonds is 9. The number of nitrogens with zero attached hydrogens (tertiary/aromatic N) is 3. The number of fused-ring (bicyclic) bond motifs is 2. The summed E-state index contributed by atoms with van der Waals surface area (Å²) in [6.07, 6.45) is 3.69. The fraction of sp³-hybridized carbons (Fsp3) is 0.400. The topological polar surface area (TPSA) is 98.5 Å². The van der Waals surface area contributed by atoms with E-state index in [0.717, 1.165) is 59.4 Å². The van der Waals surface area contributed by atoms with Gasteiger partial charge in [-0.15, -0.1) is 11.8 Å². The van der Waals surface area contributed by atoms with Gasteiger partial charge in [0, 0.05) is 31.0 Å². The van der Waals surface area contributed by atoms with E-state index in [1.54, 1.807) is 11.8 Å². The Hall–Kier alpha value is -3.20. The number of carboxylic acids is 1. The molecule has 0 radical (unpaired) electrons. The van der Waals surface area contributed by atoms with Gasteiger partial charge >= 0.3 is 5.97 Å². The Kier molecular flexibility index (Phi) is 6.62. The van der Waals surface area contributed by atoms with Crippen LogP contribution in [0.2, 0.25) is 0 Å². The van der Waals surface area contributed by atoms with E-state index < -0.39 is 5.97 Å². The van der Waals surface area contributed by atoms with Crippen LogP contribution in [0.25, 0.3) is 0 Å². The number of hydrogen-bond acceptors (Lipinski definition) is 7. The zero-order chi connectivity index (χ0) is 23.5. The normalized spacial score (nSPS) is 15.0. The smallest absolute Gasteiger partial charge is 0.303 e. The molecule has 0 saturated carbocycles. The number of aromatic nitrogens is 3. The monoisotopic (exact) mass is 480 g/mol. The van der Waals surface area contributed by atoms with E-state index in [0.29, 0.717) is 17.9 Å². The lowest BCUT2D eigenvalue weighted by Crippen LogP contribution is -2.14. The van der Waals surface area contributed by atoms with E-state index in [2.05, 4.69) is 28.6 Å². The first kappa shape index (κ1) is 22.6. The van der Waals surface area contributed by atoms with E-state index in [1.165, 1.54) is 5.56 Å². The molecule has 1 aromatic carbocycles. The quantitative estimate of drug-likeness (QED) is 0.443. The van der Waals surface area contributed by atoms with Crippen molar-refractivity contribution in [3.05, 3.63) is 58.9 Å². The van der Waals surface area contributed by atoms with Crippen molar-refractivity contribution >= 4 is 23.5 Å². The summed E-state index contributed by atoms with van der Waals surface area (Å²) in [6.45, 7) is 1.19. The van der Waals surface area contributed by atoms with Gasteiger partial charge in [0.1, 0.15) is 5.82 Å². The van der Waals surface area contributed by atoms with Crippen LogP contribution in [0.4, 0.5) is 5.82 Å². The molecule has 2 aromatic heterocycles. The molecule has 8 nitrogen and oxygen atoms in total. The van der Waals surface area contributed by atoms with Crippen molar-refractivity contribution in [1.82, 2.24) is 14.8 Å². The molecule has 4 heterocycles. The number of ether oxygens (including phenoxy) is 2. The molecule has 0 amide bonds. The third-order valence-corrected chi connectivity index (χ3v) is 7.28. The summed E-state index contributed by atoms with van der Waals surface area (Å²) in [7, 11) is 1.93.